The van der Waals surface area contributed by atoms with E-state index in [-0.39, 0.29) is 73.0 Å². The number of rotatable bonds is 20. The maximum atomic E-state index is 13.2. The zero-order valence-electron chi connectivity index (χ0n) is 37.8. The first-order valence-electron chi connectivity index (χ1n) is 21.0. The van der Waals surface area contributed by atoms with E-state index >= 15 is 0 Å². The fraction of sp³-hybridized carbons (Fsp3) is 0.659. The molecule has 3 rings (SSSR count). The maximum Gasteiger partial charge on any atom is 0.307 e. The van der Waals surface area contributed by atoms with Crippen molar-refractivity contribution in [1.29, 1.82) is 0 Å². The number of likely N-dealkylation sites (tertiary alicyclic amines) is 1. The molecule has 0 saturated carbocycles. The van der Waals surface area contributed by atoms with Crippen molar-refractivity contribution < 1.29 is 48.5 Å². The molecule has 1 saturated heterocycles. The molecule has 0 bridgehead atoms. The third-order valence-corrected chi connectivity index (χ3v) is 10.4. The average molecular weight is 866 g/mol. The smallest absolute Gasteiger partial charge is 0.307 e. The number of carbonyl (C=O) groups is 6. The lowest BCUT2D eigenvalue weighted by Gasteiger charge is -2.36. The molecule has 0 aliphatic carbocycles. The van der Waals surface area contributed by atoms with Crippen LogP contribution in [0.1, 0.15) is 147 Å². The van der Waals surface area contributed by atoms with Crippen LogP contribution in [0.2, 0.25) is 0 Å². The first kappa shape index (κ1) is 57.5. The Labute approximate surface area is 362 Å². The Morgan fingerprint density at radius 3 is 2.00 bits per heavy atom. The summed E-state index contributed by atoms with van der Waals surface area (Å²) < 4.78 is 10.7. The number of esters is 1. The van der Waals surface area contributed by atoms with Gasteiger partial charge in [0.15, 0.2) is 12.8 Å². The predicted molar refractivity (Wildman–Crippen MR) is 236 cm³/mol. The summed E-state index contributed by atoms with van der Waals surface area (Å²) in [5.74, 6) is -1.67. The number of hydrogen-bond donors (Lipinski definition) is 4. The number of carboxylic acid groups (broad SMARTS) is 1. The second kappa shape index (κ2) is 34.2. The van der Waals surface area contributed by atoms with Crippen LogP contribution in [0.25, 0.3) is 0 Å². The van der Waals surface area contributed by atoms with E-state index in [9.17, 15) is 24.0 Å². The SMILES string of the molecule is CC.CC(CCCc1ccc(O)cc1)C(=O)O.CCC(C)CC(=O)N(COC(=O)CC(C)C)C(CC(OC=O)c1nc(C(N)=O)cs1)C(C)C.CN1CCCCC1.NC=O. The van der Waals surface area contributed by atoms with Gasteiger partial charge in [-0.05, 0) is 87.7 Å². The van der Waals surface area contributed by atoms with Gasteiger partial charge < -0.3 is 41.0 Å². The van der Waals surface area contributed by atoms with Crippen LogP contribution in [-0.2, 0) is 39.9 Å². The van der Waals surface area contributed by atoms with E-state index in [4.69, 9.17) is 30.2 Å². The van der Waals surface area contributed by atoms with E-state index in [1.165, 1.54) is 37.7 Å². The minimum Gasteiger partial charge on any atom is -0.508 e. The quantitative estimate of drug-likeness (QED) is 0.0581. The van der Waals surface area contributed by atoms with Crippen molar-refractivity contribution in [2.75, 3.05) is 26.9 Å². The number of benzene rings is 1. The van der Waals surface area contributed by atoms with Gasteiger partial charge in [-0.15, -0.1) is 11.3 Å². The normalized spacial score (nSPS) is 14.0. The zero-order chi connectivity index (χ0) is 46.2. The van der Waals surface area contributed by atoms with Crippen molar-refractivity contribution in [2.24, 2.45) is 35.1 Å². The second-order valence-corrected chi connectivity index (χ2v) is 16.2. The summed E-state index contributed by atoms with van der Waals surface area (Å²) in [4.78, 5) is 75.3. The van der Waals surface area contributed by atoms with Crippen molar-refractivity contribution in [3.05, 3.63) is 45.9 Å². The van der Waals surface area contributed by atoms with Crippen molar-refractivity contribution in [2.45, 2.75) is 139 Å². The first-order valence-corrected chi connectivity index (χ1v) is 21.9. The van der Waals surface area contributed by atoms with E-state index in [1.54, 1.807) is 24.0 Å². The third kappa shape index (κ3) is 26.5. The Bertz CT molecular complexity index is 1480. The molecule has 3 amide bonds. The number of phenolic OH excluding ortho intramolecular Hbond substituents is 1. The summed E-state index contributed by atoms with van der Waals surface area (Å²) >= 11 is 1.15. The maximum absolute atomic E-state index is 13.2. The molecule has 6 N–H and O–H groups in total. The predicted octanol–water partition coefficient (Wildman–Crippen LogP) is 7.35. The standard InChI is InChI=1S/C23H37N3O6S.C12H16O3.C6H13N.C2H6.CH3NO/c1-7-16(6)9-20(28)26(12-31-21(29)8-14(2)3)18(15(4)5)10-19(32-13-27)23-25-17(11-33-23)22(24)30;1-9(12(14)15)3-2-4-10-5-7-11(13)8-6-10;1-7-5-3-2-4-6-7;1-2;2-1-3/h11,13-16,18-19H,7-10,12H2,1-6H3,(H2,24,30);5-9,13H,2-4H2,1H3,(H,14,15);2-6H2,1H3;1-2H3;1H,(H2,2,3). The number of phenols is 1. The summed E-state index contributed by atoms with van der Waals surface area (Å²) in [6.07, 6.45) is 7.79. The fourth-order valence-electron chi connectivity index (χ4n) is 5.71. The van der Waals surface area contributed by atoms with Gasteiger partial charge >= 0.3 is 11.9 Å². The lowest BCUT2D eigenvalue weighted by atomic mass is 9.95. The van der Waals surface area contributed by atoms with Crippen molar-refractivity contribution in [3.63, 3.8) is 0 Å². The number of amides is 3. The van der Waals surface area contributed by atoms with E-state index in [1.807, 2.05) is 67.5 Å². The molecule has 15 nitrogen and oxygen atoms in total. The molecular weight excluding hydrogens is 791 g/mol. The van der Waals surface area contributed by atoms with Gasteiger partial charge in [0.05, 0.1) is 5.92 Å². The summed E-state index contributed by atoms with van der Waals surface area (Å²) in [7, 11) is 2.19. The largest absolute Gasteiger partial charge is 0.508 e. The molecule has 2 aromatic rings. The van der Waals surface area contributed by atoms with Crippen LogP contribution >= 0.6 is 11.3 Å². The zero-order valence-corrected chi connectivity index (χ0v) is 38.6. The van der Waals surface area contributed by atoms with Gasteiger partial charge in [-0.3, -0.25) is 28.8 Å². The number of aryl methyl sites for hydroxylation is 1. The lowest BCUT2D eigenvalue weighted by Crippen LogP contribution is -2.46. The van der Waals surface area contributed by atoms with Crippen LogP contribution < -0.4 is 11.5 Å². The summed E-state index contributed by atoms with van der Waals surface area (Å²) in [5, 5.41) is 19.7. The van der Waals surface area contributed by atoms with E-state index < -0.39 is 24.0 Å². The van der Waals surface area contributed by atoms with Gasteiger partial charge in [-0.2, -0.15) is 0 Å². The lowest BCUT2D eigenvalue weighted by molar-refractivity contribution is -0.158. The molecule has 60 heavy (non-hydrogen) atoms. The number of carboxylic acids is 1. The van der Waals surface area contributed by atoms with Crippen LogP contribution in [0.3, 0.4) is 0 Å². The molecule has 0 radical (unpaired) electrons. The van der Waals surface area contributed by atoms with Gasteiger partial charge in [0.25, 0.3) is 12.4 Å². The Morgan fingerprint density at radius 2 is 1.57 bits per heavy atom. The summed E-state index contributed by atoms with van der Waals surface area (Å²) in [6.45, 7) is 20.2. The highest BCUT2D eigenvalue weighted by Crippen LogP contribution is 2.31. The number of carbonyl (C=O) groups excluding carboxylic acids is 5. The van der Waals surface area contributed by atoms with E-state index in [0.29, 0.717) is 24.3 Å². The molecule has 1 aromatic heterocycles. The number of nitrogens with two attached hydrogens (primary N) is 2. The van der Waals surface area contributed by atoms with Crippen LogP contribution in [0.4, 0.5) is 0 Å². The molecule has 1 aliphatic rings. The third-order valence-electron chi connectivity index (χ3n) is 9.42. The Morgan fingerprint density at radius 1 is 0.983 bits per heavy atom. The topological polar surface area (TPSA) is 233 Å². The molecule has 1 fully saturated rings. The minimum atomic E-state index is -0.779. The highest BCUT2D eigenvalue weighted by atomic mass is 32.1. The van der Waals surface area contributed by atoms with Crippen molar-refractivity contribution in [3.8, 4) is 5.75 Å². The number of ether oxygens (including phenoxy) is 2. The molecule has 2 heterocycles. The monoisotopic (exact) mass is 866 g/mol. The van der Waals surface area contributed by atoms with Gasteiger partial charge in [0.1, 0.15) is 16.5 Å². The molecule has 1 aliphatic heterocycles. The van der Waals surface area contributed by atoms with E-state index in [0.717, 1.165) is 36.2 Å². The number of primary amides is 2. The number of aliphatic carboxylic acids is 1. The van der Waals surface area contributed by atoms with Crippen molar-refractivity contribution >= 4 is 48.0 Å². The average Bonchev–Trinajstić information content (AvgIpc) is 3.70. The highest BCUT2D eigenvalue weighted by Gasteiger charge is 2.33. The number of piperidine rings is 1. The van der Waals surface area contributed by atoms with E-state index in [2.05, 4.69) is 22.7 Å². The molecule has 1 aromatic carbocycles. The number of hydrogen-bond acceptors (Lipinski definition) is 12. The van der Waals surface area contributed by atoms with Gasteiger partial charge in [0, 0.05) is 30.7 Å². The van der Waals surface area contributed by atoms with Crippen molar-refractivity contribution in [1.82, 2.24) is 14.8 Å². The number of thiazole rings is 1. The minimum absolute atomic E-state index is 0.0389. The Kier molecular flexibility index (Phi) is 32.8. The molecule has 4 atom stereocenters. The molecule has 4 unspecified atom stereocenters. The molecular formula is C44H75N5O10S. The number of nitrogens with zero attached hydrogens (tertiary/aromatic N) is 3. The van der Waals surface area contributed by atoms with Gasteiger partial charge in [0.2, 0.25) is 12.3 Å². The summed E-state index contributed by atoms with van der Waals surface area (Å²) in [5.41, 5.74) is 10.7. The van der Waals surface area contributed by atoms with Crippen LogP contribution in [0.15, 0.2) is 29.6 Å². The summed E-state index contributed by atoms with van der Waals surface area (Å²) in [6, 6.07) is 6.62. The molecule has 342 valence electrons. The molecule has 0 spiro atoms. The fourth-order valence-corrected chi connectivity index (χ4v) is 6.56. The van der Waals surface area contributed by atoms with Gasteiger partial charge in [-0.1, -0.05) is 87.3 Å². The number of aromatic hydroxyl groups is 1. The second-order valence-electron chi connectivity index (χ2n) is 15.3. The first-order chi connectivity index (χ1) is 28.4. The molecule has 16 heteroatoms. The van der Waals surface area contributed by atoms with Crippen LogP contribution in [0, 0.1) is 23.7 Å². The van der Waals surface area contributed by atoms with Gasteiger partial charge in [-0.25, -0.2) is 4.98 Å². The van der Waals surface area contributed by atoms with Crippen LogP contribution in [-0.4, -0.2) is 94.5 Å². The Hall–Kier alpha value is -4.57. The highest BCUT2D eigenvalue weighted by molar-refractivity contribution is 7.09. The van der Waals surface area contributed by atoms with Crippen LogP contribution in [0.5, 0.6) is 5.75 Å². The Balaban J connectivity index is 0. The number of aromatic nitrogens is 1.